The van der Waals surface area contributed by atoms with E-state index in [2.05, 4.69) is 53.2 Å². The predicted molar refractivity (Wildman–Crippen MR) is 116 cm³/mol. The first-order valence-corrected chi connectivity index (χ1v) is 10.1. The zero-order chi connectivity index (χ0) is 19.5. The number of ketones is 1. The van der Waals surface area contributed by atoms with Crippen LogP contribution in [0, 0.1) is 0 Å². The van der Waals surface area contributed by atoms with Crippen LogP contribution >= 0.6 is 11.8 Å². The molecule has 0 atom stereocenters. The minimum Gasteiger partial charge on any atom is -0.377 e. The molecule has 1 heterocycles. The van der Waals surface area contributed by atoms with Crippen molar-refractivity contribution in [1.29, 1.82) is 0 Å². The summed E-state index contributed by atoms with van der Waals surface area (Å²) < 4.78 is 0. The van der Waals surface area contributed by atoms with Gasteiger partial charge >= 0.3 is 0 Å². The number of imidazole rings is 1. The van der Waals surface area contributed by atoms with Gasteiger partial charge in [-0.3, -0.25) is 4.79 Å². The Bertz CT molecular complexity index is 1120. The molecule has 0 aliphatic rings. The number of nitrogens with one attached hydrogen (secondary N) is 1. The summed E-state index contributed by atoms with van der Waals surface area (Å²) >= 11 is 1.66. The summed E-state index contributed by atoms with van der Waals surface area (Å²) in [5, 5.41) is 0.855. The van der Waals surface area contributed by atoms with Gasteiger partial charge in [-0.05, 0) is 29.8 Å². The molecule has 4 aromatic rings. The summed E-state index contributed by atoms with van der Waals surface area (Å²) in [7, 11) is 4.10. The third-order valence-corrected chi connectivity index (χ3v) is 5.52. The number of nitrogens with zero attached hydrogens (tertiary/aromatic N) is 2. The van der Waals surface area contributed by atoms with Crippen molar-refractivity contribution in [1.82, 2.24) is 9.97 Å². The number of benzene rings is 3. The maximum atomic E-state index is 12.7. The Morgan fingerprint density at radius 3 is 2.50 bits per heavy atom. The van der Waals surface area contributed by atoms with E-state index in [1.807, 2.05) is 48.5 Å². The molecule has 0 unspecified atom stereocenters. The van der Waals surface area contributed by atoms with E-state index >= 15 is 0 Å². The molecule has 0 spiro atoms. The first-order chi connectivity index (χ1) is 13.6. The number of thioether (sulfide) groups is 1. The molecular formula is C23H21N3OS. The molecule has 4 nitrogen and oxygen atoms in total. The van der Waals surface area contributed by atoms with Crippen LogP contribution in [0.3, 0.4) is 0 Å². The molecule has 0 saturated heterocycles. The molecule has 4 rings (SSSR count). The number of hydrogen-bond donors (Lipinski definition) is 1. The van der Waals surface area contributed by atoms with E-state index < -0.39 is 0 Å². The molecule has 0 aliphatic heterocycles. The number of carbonyl (C=O) groups excluding carboxylic acids is 1. The molecule has 0 aliphatic carbocycles. The quantitative estimate of drug-likeness (QED) is 0.367. The third-order valence-electron chi connectivity index (χ3n) is 4.60. The topological polar surface area (TPSA) is 49.0 Å². The highest BCUT2D eigenvalue weighted by Crippen LogP contribution is 2.28. The van der Waals surface area contributed by atoms with Crippen LogP contribution in [0.25, 0.3) is 11.0 Å². The van der Waals surface area contributed by atoms with Gasteiger partial charge in [0.25, 0.3) is 0 Å². The second-order valence-electron chi connectivity index (χ2n) is 6.78. The number of para-hydroxylation sites is 1. The normalized spacial score (nSPS) is 10.9. The van der Waals surface area contributed by atoms with E-state index in [1.165, 1.54) is 11.3 Å². The van der Waals surface area contributed by atoms with Crippen LogP contribution in [0.15, 0.2) is 78.0 Å². The monoisotopic (exact) mass is 387 g/mol. The number of aromatic amines is 1. The van der Waals surface area contributed by atoms with Gasteiger partial charge in [0.1, 0.15) is 0 Å². The molecule has 0 fully saturated rings. The van der Waals surface area contributed by atoms with Crippen LogP contribution in [0.1, 0.15) is 21.5 Å². The van der Waals surface area contributed by atoms with Crippen molar-refractivity contribution in [3.63, 3.8) is 0 Å². The lowest BCUT2D eigenvalue weighted by Gasteiger charge is -2.16. The van der Waals surface area contributed by atoms with Gasteiger partial charge < -0.3 is 9.88 Å². The number of fused-ring (bicyclic) bond motifs is 1. The van der Waals surface area contributed by atoms with Crippen molar-refractivity contribution in [3.05, 3.63) is 89.5 Å². The summed E-state index contributed by atoms with van der Waals surface area (Å²) in [6.07, 6.45) is 0. The number of hydrogen-bond acceptors (Lipinski definition) is 4. The zero-order valence-corrected chi connectivity index (χ0v) is 16.7. The lowest BCUT2D eigenvalue weighted by Crippen LogP contribution is -2.10. The van der Waals surface area contributed by atoms with Gasteiger partial charge in [-0.25, -0.2) is 4.98 Å². The van der Waals surface area contributed by atoms with E-state index in [1.54, 1.807) is 11.8 Å². The summed E-state index contributed by atoms with van der Waals surface area (Å²) in [6.45, 7) is 0. The molecular weight excluding hydrogens is 366 g/mol. The van der Waals surface area contributed by atoms with Crippen LogP contribution in [0.5, 0.6) is 0 Å². The Balaban J connectivity index is 1.55. The van der Waals surface area contributed by atoms with Gasteiger partial charge in [-0.1, -0.05) is 60.3 Å². The Labute approximate surface area is 168 Å². The summed E-state index contributed by atoms with van der Waals surface area (Å²) in [5.74, 6) is 0.843. The van der Waals surface area contributed by atoms with Crippen molar-refractivity contribution >= 4 is 34.3 Å². The van der Waals surface area contributed by atoms with Crippen molar-refractivity contribution in [2.24, 2.45) is 0 Å². The van der Waals surface area contributed by atoms with Crippen LogP contribution in [0.4, 0.5) is 5.69 Å². The van der Waals surface area contributed by atoms with Crippen LogP contribution in [-0.2, 0) is 5.75 Å². The largest absolute Gasteiger partial charge is 0.377 e. The summed E-state index contributed by atoms with van der Waals surface area (Å²) in [4.78, 5) is 22.8. The van der Waals surface area contributed by atoms with E-state index in [9.17, 15) is 4.79 Å². The second-order valence-corrected chi connectivity index (χ2v) is 7.74. The minimum atomic E-state index is 0.0196. The fourth-order valence-electron chi connectivity index (χ4n) is 3.17. The van der Waals surface area contributed by atoms with Crippen molar-refractivity contribution in [3.8, 4) is 0 Å². The van der Waals surface area contributed by atoms with Gasteiger partial charge in [0, 0.05) is 36.7 Å². The van der Waals surface area contributed by atoms with E-state index in [-0.39, 0.29) is 5.78 Å². The highest BCUT2D eigenvalue weighted by molar-refractivity contribution is 7.98. The van der Waals surface area contributed by atoms with Gasteiger partial charge in [0.05, 0.1) is 11.0 Å². The fraction of sp³-hybridized carbons (Fsp3) is 0.130. The molecule has 1 aromatic heterocycles. The van der Waals surface area contributed by atoms with E-state index in [0.717, 1.165) is 21.9 Å². The van der Waals surface area contributed by atoms with Crippen molar-refractivity contribution in [2.75, 3.05) is 19.0 Å². The van der Waals surface area contributed by atoms with Crippen LogP contribution < -0.4 is 4.90 Å². The van der Waals surface area contributed by atoms with Crippen molar-refractivity contribution < 1.29 is 4.79 Å². The molecule has 1 N–H and O–H groups in total. The lowest BCUT2D eigenvalue weighted by atomic mass is 10.0. The molecule has 140 valence electrons. The highest BCUT2D eigenvalue weighted by Gasteiger charge is 2.12. The number of rotatable bonds is 6. The lowest BCUT2D eigenvalue weighted by molar-refractivity contribution is 0.103. The van der Waals surface area contributed by atoms with Crippen LogP contribution in [-0.4, -0.2) is 29.8 Å². The van der Waals surface area contributed by atoms with Crippen LogP contribution in [0.2, 0.25) is 0 Å². The second kappa shape index (κ2) is 7.90. The van der Waals surface area contributed by atoms with Gasteiger partial charge in [0.2, 0.25) is 0 Å². The Morgan fingerprint density at radius 1 is 0.964 bits per heavy atom. The maximum absolute atomic E-state index is 12.7. The average molecular weight is 388 g/mol. The molecule has 28 heavy (non-hydrogen) atoms. The van der Waals surface area contributed by atoms with Gasteiger partial charge in [-0.15, -0.1) is 0 Å². The number of carbonyl (C=O) groups is 1. The highest BCUT2D eigenvalue weighted by atomic mass is 32.2. The molecule has 0 saturated carbocycles. The Morgan fingerprint density at radius 2 is 1.71 bits per heavy atom. The SMILES string of the molecule is CN(C)c1ccccc1CSc1nc2ccc(C(=O)c3ccccc3)cc2[nH]1. The first-order valence-electron chi connectivity index (χ1n) is 9.09. The van der Waals surface area contributed by atoms with Gasteiger partial charge in [0.15, 0.2) is 10.9 Å². The van der Waals surface area contributed by atoms with E-state index in [0.29, 0.717) is 11.1 Å². The smallest absolute Gasteiger partial charge is 0.193 e. The Hall–Kier alpha value is -3.05. The molecule has 5 heteroatoms. The number of H-pyrrole nitrogens is 1. The van der Waals surface area contributed by atoms with E-state index in [4.69, 9.17) is 0 Å². The molecule has 0 bridgehead atoms. The molecule has 0 radical (unpaired) electrons. The Kier molecular flexibility index (Phi) is 5.17. The fourth-order valence-corrected chi connectivity index (χ4v) is 4.05. The predicted octanol–water partition coefficient (Wildman–Crippen LogP) is 5.15. The van der Waals surface area contributed by atoms with Gasteiger partial charge in [-0.2, -0.15) is 0 Å². The summed E-state index contributed by atoms with van der Waals surface area (Å²) in [5.41, 5.74) is 5.58. The number of aromatic nitrogens is 2. The average Bonchev–Trinajstić information content (AvgIpc) is 3.14. The standard InChI is InChI=1S/C23H21N3OS/c1-26(2)21-11-7-6-10-18(21)15-28-23-24-19-13-12-17(14-20(19)25-23)22(27)16-8-4-3-5-9-16/h3-14H,15H2,1-2H3,(H,24,25). The maximum Gasteiger partial charge on any atom is 0.193 e. The zero-order valence-electron chi connectivity index (χ0n) is 15.8. The molecule has 3 aromatic carbocycles. The first kappa shape index (κ1) is 18.3. The van der Waals surface area contributed by atoms with Crippen molar-refractivity contribution in [2.45, 2.75) is 10.9 Å². The summed E-state index contributed by atoms with van der Waals surface area (Å²) in [6, 6.07) is 23.3. The third kappa shape index (κ3) is 3.80. The number of anilines is 1. The molecule has 0 amide bonds. The minimum absolute atomic E-state index is 0.0196.